The van der Waals surface area contributed by atoms with Crippen molar-refractivity contribution in [2.75, 3.05) is 20.1 Å². The van der Waals surface area contributed by atoms with Gasteiger partial charge in [-0.2, -0.15) is 0 Å². The van der Waals surface area contributed by atoms with Crippen LogP contribution in [-0.2, 0) is 4.79 Å². The largest absolute Gasteiger partial charge is 0.368 e. The molecule has 1 aliphatic heterocycles. The van der Waals surface area contributed by atoms with E-state index in [9.17, 15) is 14.4 Å². The van der Waals surface area contributed by atoms with E-state index in [0.717, 1.165) is 4.90 Å². The molecule has 0 radical (unpaired) electrons. The monoisotopic (exact) mass is 290 g/mol. The fourth-order valence-corrected chi connectivity index (χ4v) is 2.22. The molecule has 0 aromatic heterocycles. The summed E-state index contributed by atoms with van der Waals surface area (Å²) in [5, 5.41) is 2.52. The van der Waals surface area contributed by atoms with Crippen LogP contribution in [0, 0.1) is 0 Å². The zero-order valence-corrected chi connectivity index (χ0v) is 11.8. The maximum absolute atomic E-state index is 12.2. The minimum Gasteiger partial charge on any atom is -0.368 e. The van der Waals surface area contributed by atoms with Crippen LogP contribution < -0.4 is 11.1 Å². The number of nitrogens with zero attached hydrogens (tertiary/aromatic N) is 2. The van der Waals surface area contributed by atoms with E-state index in [1.807, 2.05) is 0 Å². The Hall–Kier alpha value is -2.57. The molecule has 7 heteroatoms. The van der Waals surface area contributed by atoms with Crippen molar-refractivity contribution in [1.82, 2.24) is 15.1 Å². The predicted molar refractivity (Wildman–Crippen MR) is 76.3 cm³/mol. The van der Waals surface area contributed by atoms with E-state index in [-0.39, 0.29) is 6.03 Å². The Kier molecular flexibility index (Phi) is 4.42. The van der Waals surface area contributed by atoms with Gasteiger partial charge in [-0.05, 0) is 12.0 Å². The lowest BCUT2D eigenvalue weighted by atomic mass is 10.1. The summed E-state index contributed by atoms with van der Waals surface area (Å²) in [5.74, 6) is -0.674. The van der Waals surface area contributed by atoms with E-state index in [0.29, 0.717) is 25.1 Å². The molecule has 1 saturated heterocycles. The lowest BCUT2D eigenvalue weighted by Crippen LogP contribution is -2.54. The van der Waals surface area contributed by atoms with Gasteiger partial charge in [0.1, 0.15) is 6.04 Å². The molecule has 112 valence electrons. The number of primary amides is 1. The number of nitrogens with one attached hydrogen (secondary N) is 1. The Labute approximate surface area is 122 Å². The molecule has 3 N–H and O–H groups in total. The summed E-state index contributed by atoms with van der Waals surface area (Å²) in [6.07, 6.45) is 0.697. The van der Waals surface area contributed by atoms with Gasteiger partial charge in [0.05, 0.1) is 0 Å². The van der Waals surface area contributed by atoms with Gasteiger partial charge in [-0.15, -0.1) is 0 Å². The number of nitrogens with two attached hydrogens (primary N) is 1. The van der Waals surface area contributed by atoms with Crippen molar-refractivity contribution in [3.63, 3.8) is 0 Å². The van der Waals surface area contributed by atoms with Crippen LogP contribution in [0.4, 0.5) is 9.59 Å². The molecule has 2 rings (SSSR count). The Balaban J connectivity index is 2.12. The van der Waals surface area contributed by atoms with Crippen LogP contribution in [-0.4, -0.2) is 47.9 Å². The van der Waals surface area contributed by atoms with Gasteiger partial charge >= 0.3 is 12.1 Å². The van der Waals surface area contributed by atoms with Gasteiger partial charge in [-0.1, -0.05) is 30.3 Å². The first-order valence-corrected chi connectivity index (χ1v) is 6.68. The van der Waals surface area contributed by atoms with Crippen molar-refractivity contribution < 1.29 is 14.4 Å². The molecule has 21 heavy (non-hydrogen) atoms. The van der Waals surface area contributed by atoms with Crippen LogP contribution in [0.25, 0.3) is 0 Å². The maximum atomic E-state index is 12.2. The highest BCUT2D eigenvalue weighted by atomic mass is 16.2. The molecule has 0 bridgehead atoms. The lowest BCUT2D eigenvalue weighted by molar-refractivity contribution is -0.120. The zero-order valence-electron chi connectivity index (χ0n) is 11.8. The summed E-state index contributed by atoms with van der Waals surface area (Å²) in [4.78, 5) is 38.2. The first-order valence-electron chi connectivity index (χ1n) is 6.68. The third-order valence-electron chi connectivity index (χ3n) is 3.36. The lowest BCUT2D eigenvalue weighted by Gasteiger charge is -2.32. The molecule has 1 unspecified atom stereocenters. The third kappa shape index (κ3) is 3.31. The molecule has 1 heterocycles. The van der Waals surface area contributed by atoms with Crippen LogP contribution in [0.2, 0.25) is 0 Å². The van der Waals surface area contributed by atoms with Gasteiger partial charge in [0.25, 0.3) is 0 Å². The normalized spacial score (nSPS) is 16.5. The fourth-order valence-electron chi connectivity index (χ4n) is 2.22. The molecule has 0 saturated carbocycles. The Morgan fingerprint density at radius 1 is 1.24 bits per heavy atom. The highest BCUT2D eigenvalue weighted by molar-refractivity contribution is 5.96. The summed E-state index contributed by atoms with van der Waals surface area (Å²) < 4.78 is 0. The van der Waals surface area contributed by atoms with Crippen LogP contribution in [0.15, 0.2) is 30.3 Å². The molecule has 7 nitrogen and oxygen atoms in total. The molecule has 1 aromatic rings. The maximum Gasteiger partial charge on any atom is 0.327 e. The number of urea groups is 2. The second-order valence-corrected chi connectivity index (χ2v) is 4.90. The number of carbonyl (C=O) groups is 3. The van der Waals surface area contributed by atoms with E-state index in [1.54, 1.807) is 37.4 Å². The number of imide groups is 1. The summed E-state index contributed by atoms with van der Waals surface area (Å²) in [7, 11) is 1.63. The van der Waals surface area contributed by atoms with Gasteiger partial charge in [-0.25, -0.2) is 14.5 Å². The zero-order chi connectivity index (χ0) is 15.4. The van der Waals surface area contributed by atoms with Gasteiger partial charge in [0.2, 0.25) is 5.91 Å². The second-order valence-electron chi connectivity index (χ2n) is 4.90. The Morgan fingerprint density at radius 2 is 1.90 bits per heavy atom. The molecule has 1 aliphatic rings. The van der Waals surface area contributed by atoms with Crippen LogP contribution in [0.3, 0.4) is 0 Å². The SMILES string of the molecule is CN1CCCN(C(=O)NC(C(N)=O)c2ccccc2)C1=O. The molecule has 1 atom stereocenters. The van der Waals surface area contributed by atoms with Gasteiger partial charge in [0, 0.05) is 20.1 Å². The van der Waals surface area contributed by atoms with E-state index < -0.39 is 18.0 Å². The third-order valence-corrected chi connectivity index (χ3v) is 3.36. The predicted octanol–water partition coefficient (Wildman–Crippen LogP) is 0.680. The highest BCUT2D eigenvalue weighted by Gasteiger charge is 2.30. The number of amides is 5. The first-order chi connectivity index (χ1) is 10.0. The van der Waals surface area contributed by atoms with Crippen molar-refractivity contribution in [2.45, 2.75) is 12.5 Å². The van der Waals surface area contributed by atoms with E-state index >= 15 is 0 Å². The summed E-state index contributed by atoms with van der Waals surface area (Å²) >= 11 is 0. The molecule has 5 amide bonds. The van der Waals surface area contributed by atoms with Crippen molar-refractivity contribution in [3.05, 3.63) is 35.9 Å². The smallest absolute Gasteiger partial charge is 0.327 e. The van der Waals surface area contributed by atoms with Gasteiger partial charge in [0.15, 0.2) is 0 Å². The number of benzene rings is 1. The van der Waals surface area contributed by atoms with E-state index in [1.165, 1.54) is 4.90 Å². The average Bonchev–Trinajstić information content (AvgIpc) is 2.48. The minimum atomic E-state index is -0.960. The van der Waals surface area contributed by atoms with Gasteiger partial charge in [-0.3, -0.25) is 4.79 Å². The number of carbonyl (C=O) groups excluding carboxylic acids is 3. The first kappa shape index (κ1) is 14.8. The quantitative estimate of drug-likeness (QED) is 0.856. The van der Waals surface area contributed by atoms with Crippen molar-refractivity contribution >= 4 is 18.0 Å². The van der Waals surface area contributed by atoms with E-state index in [2.05, 4.69) is 5.32 Å². The van der Waals surface area contributed by atoms with Crippen LogP contribution >= 0.6 is 0 Å². The molecule has 0 aliphatic carbocycles. The Morgan fingerprint density at radius 3 is 2.52 bits per heavy atom. The summed E-state index contributed by atoms with van der Waals surface area (Å²) in [5.41, 5.74) is 5.92. The van der Waals surface area contributed by atoms with E-state index in [4.69, 9.17) is 5.73 Å². The topological polar surface area (TPSA) is 95.7 Å². The molecule has 1 aromatic carbocycles. The molecular weight excluding hydrogens is 272 g/mol. The average molecular weight is 290 g/mol. The van der Waals surface area contributed by atoms with Crippen molar-refractivity contribution in [1.29, 1.82) is 0 Å². The van der Waals surface area contributed by atoms with Crippen molar-refractivity contribution in [2.24, 2.45) is 5.73 Å². The van der Waals surface area contributed by atoms with Gasteiger partial charge < -0.3 is 16.0 Å². The molecule has 0 spiro atoms. The standard InChI is InChI=1S/C14H18N4O3/c1-17-8-5-9-18(14(17)21)13(20)16-11(12(15)19)10-6-3-2-4-7-10/h2-4,6-7,11H,5,8-9H2,1H3,(H2,15,19)(H,16,20). The molecule has 1 fully saturated rings. The van der Waals surface area contributed by atoms with Crippen LogP contribution in [0.1, 0.15) is 18.0 Å². The number of hydrogen-bond donors (Lipinski definition) is 2. The highest BCUT2D eigenvalue weighted by Crippen LogP contribution is 2.14. The fraction of sp³-hybridized carbons (Fsp3) is 0.357. The minimum absolute atomic E-state index is 0.329. The number of rotatable bonds is 3. The number of hydrogen-bond acceptors (Lipinski definition) is 3. The van der Waals surface area contributed by atoms with Crippen molar-refractivity contribution in [3.8, 4) is 0 Å². The summed E-state index contributed by atoms with van der Waals surface area (Å²) in [6.45, 7) is 0.940. The Bertz CT molecular complexity index is 546. The van der Waals surface area contributed by atoms with Crippen LogP contribution in [0.5, 0.6) is 0 Å². The molecular formula is C14H18N4O3. The second kappa shape index (κ2) is 6.25. The summed E-state index contributed by atoms with van der Waals surface area (Å²) in [6, 6.07) is 6.73.